The van der Waals surface area contributed by atoms with Gasteiger partial charge in [0, 0.05) is 0 Å². The maximum Gasteiger partial charge on any atom is -0.0351 e. The Morgan fingerprint density at radius 3 is 1.39 bits per heavy atom. The molecule has 0 bridgehead atoms. The number of unbranched alkanes of at least 4 members (excludes halogenated alkanes) is 2. The van der Waals surface area contributed by atoms with Crippen LogP contribution in [0, 0.1) is 11.8 Å². The predicted molar refractivity (Wildman–Crippen MR) is 84.9 cm³/mol. The van der Waals surface area contributed by atoms with Crippen LogP contribution < -0.4 is 0 Å². The minimum atomic E-state index is 0.912. The third-order valence-electron chi connectivity index (χ3n) is 4.01. The van der Waals surface area contributed by atoms with Gasteiger partial charge in [-0.05, 0) is 37.5 Å². The lowest BCUT2D eigenvalue weighted by Gasteiger charge is -2.27. The maximum atomic E-state index is 3.88. The molecule has 0 amide bonds. The number of allylic oxidation sites excluding steroid dienone is 2. The second-order valence-electron chi connectivity index (χ2n) is 5.54. The van der Waals surface area contributed by atoms with Crippen molar-refractivity contribution in [1.29, 1.82) is 0 Å². The first-order valence-corrected chi connectivity index (χ1v) is 8.01. The normalized spacial score (nSPS) is 14.1. The second kappa shape index (κ2) is 12.9. The number of hydrogen-bond donors (Lipinski definition) is 0. The Morgan fingerprint density at radius 2 is 1.11 bits per heavy atom. The third kappa shape index (κ3) is 8.55. The van der Waals surface area contributed by atoms with Crippen LogP contribution in [0.5, 0.6) is 0 Å². The van der Waals surface area contributed by atoms with Crippen LogP contribution in [0.3, 0.4) is 0 Å². The van der Waals surface area contributed by atoms with Crippen LogP contribution in [0.15, 0.2) is 25.3 Å². The lowest BCUT2D eigenvalue weighted by atomic mass is 9.79. The first-order valence-electron chi connectivity index (χ1n) is 8.01. The second-order valence-corrected chi connectivity index (χ2v) is 5.54. The van der Waals surface area contributed by atoms with Gasteiger partial charge in [0.25, 0.3) is 0 Å². The summed E-state index contributed by atoms with van der Waals surface area (Å²) in [6, 6.07) is 0. The molecule has 0 N–H and O–H groups in total. The molecule has 106 valence electrons. The molecule has 0 heterocycles. The smallest absolute Gasteiger partial charge is 0.0351 e. The van der Waals surface area contributed by atoms with Crippen LogP contribution in [0.4, 0.5) is 0 Å². The molecule has 0 rings (SSSR count). The molecule has 2 atom stereocenters. The maximum absolute atomic E-state index is 3.88. The summed E-state index contributed by atoms with van der Waals surface area (Å²) >= 11 is 0. The molecule has 0 fully saturated rings. The van der Waals surface area contributed by atoms with Crippen LogP contribution in [-0.4, -0.2) is 0 Å². The van der Waals surface area contributed by atoms with Crippen molar-refractivity contribution in [3.63, 3.8) is 0 Å². The van der Waals surface area contributed by atoms with Gasteiger partial charge in [-0.3, -0.25) is 0 Å². The number of rotatable bonds is 13. The molecule has 0 unspecified atom stereocenters. The van der Waals surface area contributed by atoms with Gasteiger partial charge in [-0.2, -0.15) is 0 Å². The highest BCUT2D eigenvalue weighted by Gasteiger charge is 2.19. The largest absolute Gasteiger partial charge is 0.103 e. The fourth-order valence-electron chi connectivity index (χ4n) is 2.83. The van der Waals surface area contributed by atoms with Gasteiger partial charge in [-0.25, -0.2) is 0 Å². The van der Waals surface area contributed by atoms with Crippen molar-refractivity contribution in [2.24, 2.45) is 11.8 Å². The summed E-state index contributed by atoms with van der Waals surface area (Å²) in [5.41, 5.74) is 0. The summed E-state index contributed by atoms with van der Waals surface area (Å²) in [6.45, 7) is 12.4. The van der Waals surface area contributed by atoms with Gasteiger partial charge < -0.3 is 0 Å². The Bertz CT molecular complexity index is 170. The molecule has 0 aromatic rings. The molecule has 0 radical (unpaired) electrons. The highest BCUT2D eigenvalue weighted by Crippen LogP contribution is 2.31. The van der Waals surface area contributed by atoms with Crippen LogP contribution in [-0.2, 0) is 0 Å². The monoisotopic (exact) mass is 250 g/mol. The van der Waals surface area contributed by atoms with E-state index in [2.05, 4.69) is 39.2 Å². The lowest BCUT2D eigenvalue weighted by molar-refractivity contribution is 0.254. The Morgan fingerprint density at radius 1 is 0.722 bits per heavy atom. The number of hydrogen-bond acceptors (Lipinski definition) is 0. The van der Waals surface area contributed by atoms with E-state index in [4.69, 9.17) is 0 Å². The van der Waals surface area contributed by atoms with Crippen molar-refractivity contribution in [3.8, 4) is 0 Å². The Labute approximate surface area is 116 Å². The standard InChI is InChI=1S/C18H34/c1-5-9-13-17(14-10-6-2)18(15-11-7-3)16-12-8-4/h5,7,17-18H,1,3,6,8-16H2,2,4H3/t17-,18-/m0/s1. The van der Waals surface area contributed by atoms with Crippen LogP contribution in [0.25, 0.3) is 0 Å². The molecular formula is C18H34. The topological polar surface area (TPSA) is 0 Å². The van der Waals surface area contributed by atoms with E-state index in [9.17, 15) is 0 Å². The summed E-state index contributed by atoms with van der Waals surface area (Å²) < 4.78 is 0. The van der Waals surface area contributed by atoms with E-state index in [0.717, 1.165) is 11.8 Å². The SMILES string of the molecule is C=CCC[C@@H](CCCC)[C@@H](CCC=C)CCCC. The highest BCUT2D eigenvalue weighted by atomic mass is 14.2. The van der Waals surface area contributed by atoms with Gasteiger partial charge in [-0.1, -0.05) is 64.5 Å². The first kappa shape index (κ1) is 17.5. The van der Waals surface area contributed by atoms with E-state index >= 15 is 0 Å². The van der Waals surface area contributed by atoms with E-state index in [0.29, 0.717) is 0 Å². The Balaban J connectivity index is 4.35. The first-order chi connectivity index (χ1) is 8.79. The molecule has 0 saturated carbocycles. The average Bonchev–Trinajstić information content (AvgIpc) is 2.40. The van der Waals surface area contributed by atoms with E-state index in [1.807, 2.05) is 0 Å². The zero-order valence-electron chi connectivity index (χ0n) is 12.8. The van der Waals surface area contributed by atoms with E-state index in [1.165, 1.54) is 64.2 Å². The zero-order chi connectivity index (χ0) is 13.6. The van der Waals surface area contributed by atoms with E-state index in [1.54, 1.807) is 0 Å². The minimum absolute atomic E-state index is 0.912. The van der Waals surface area contributed by atoms with Crippen molar-refractivity contribution in [2.45, 2.75) is 78.1 Å². The van der Waals surface area contributed by atoms with Gasteiger partial charge in [0.05, 0.1) is 0 Å². The van der Waals surface area contributed by atoms with Crippen molar-refractivity contribution < 1.29 is 0 Å². The van der Waals surface area contributed by atoms with E-state index in [-0.39, 0.29) is 0 Å². The zero-order valence-corrected chi connectivity index (χ0v) is 12.8. The van der Waals surface area contributed by atoms with Crippen molar-refractivity contribution >= 4 is 0 Å². The predicted octanol–water partition coefficient (Wildman–Crippen LogP) is 6.53. The van der Waals surface area contributed by atoms with Gasteiger partial charge in [0.1, 0.15) is 0 Å². The van der Waals surface area contributed by atoms with Crippen molar-refractivity contribution in [3.05, 3.63) is 25.3 Å². The molecule has 0 aromatic carbocycles. The van der Waals surface area contributed by atoms with Gasteiger partial charge in [0.2, 0.25) is 0 Å². The lowest BCUT2D eigenvalue weighted by Crippen LogP contribution is -2.15. The molecule has 18 heavy (non-hydrogen) atoms. The molecule has 0 aliphatic rings. The molecule has 0 aliphatic heterocycles. The molecular weight excluding hydrogens is 216 g/mol. The fourth-order valence-corrected chi connectivity index (χ4v) is 2.83. The quantitative estimate of drug-likeness (QED) is 0.326. The summed E-state index contributed by atoms with van der Waals surface area (Å²) in [5.74, 6) is 1.82. The fraction of sp³-hybridized carbons (Fsp3) is 0.778. The third-order valence-corrected chi connectivity index (χ3v) is 4.01. The van der Waals surface area contributed by atoms with Gasteiger partial charge >= 0.3 is 0 Å². The van der Waals surface area contributed by atoms with Crippen molar-refractivity contribution in [2.75, 3.05) is 0 Å². The molecule has 0 aromatic heterocycles. The average molecular weight is 250 g/mol. The van der Waals surface area contributed by atoms with Crippen LogP contribution >= 0.6 is 0 Å². The Kier molecular flexibility index (Phi) is 12.6. The van der Waals surface area contributed by atoms with Crippen LogP contribution in [0.2, 0.25) is 0 Å². The molecule has 0 heteroatoms. The Hall–Kier alpha value is -0.520. The molecule has 0 aliphatic carbocycles. The molecule has 0 saturated heterocycles. The van der Waals surface area contributed by atoms with Crippen molar-refractivity contribution in [1.82, 2.24) is 0 Å². The van der Waals surface area contributed by atoms with Crippen LogP contribution in [0.1, 0.15) is 78.1 Å². The summed E-state index contributed by atoms with van der Waals surface area (Å²) in [7, 11) is 0. The highest BCUT2D eigenvalue weighted by molar-refractivity contribution is 4.78. The van der Waals surface area contributed by atoms with Gasteiger partial charge in [0.15, 0.2) is 0 Å². The summed E-state index contributed by atoms with van der Waals surface area (Å²) in [5, 5.41) is 0. The summed E-state index contributed by atoms with van der Waals surface area (Å²) in [4.78, 5) is 0. The molecule has 0 nitrogen and oxygen atoms in total. The minimum Gasteiger partial charge on any atom is -0.103 e. The van der Waals surface area contributed by atoms with E-state index < -0.39 is 0 Å². The molecule has 0 spiro atoms. The van der Waals surface area contributed by atoms with Gasteiger partial charge in [-0.15, -0.1) is 13.2 Å². The summed E-state index contributed by atoms with van der Waals surface area (Å²) in [6.07, 6.45) is 17.5.